The van der Waals surface area contributed by atoms with Gasteiger partial charge in [0, 0.05) is 34.1 Å². The fourth-order valence-electron chi connectivity index (χ4n) is 12.3. The molecule has 0 amide bonds. The molecule has 0 N–H and O–H groups in total. The summed E-state index contributed by atoms with van der Waals surface area (Å²) in [5.41, 5.74) is 13.1. The van der Waals surface area contributed by atoms with Crippen molar-refractivity contribution in [3.63, 3.8) is 0 Å². The summed E-state index contributed by atoms with van der Waals surface area (Å²) in [6.07, 6.45) is 0. The zero-order valence-electron chi connectivity index (χ0n) is 45.3. The van der Waals surface area contributed by atoms with Crippen molar-refractivity contribution < 1.29 is 13.7 Å². The molecule has 12 heteroatoms. The summed E-state index contributed by atoms with van der Waals surface area (Å²) in [7, 11) is -11.3. The number of para-hydroxylation sites is 12. The van der Waals surface area contributed by atoms with Crippen molar-refractivity contribution in [2.75, 3.05) is 28.0 Å². The Kier molecular flexibility index (Phi) is 12.5. The van der Waals surface area contributed by atoms with Crippen LogP contribution in [-0.2, 0) is 13.7 Å². The lowest BCUT2D eigenvalue weighted by Gasteiger charge is -2.34. The molecule has 0 unspecified atom stereocenters. The number of anilines is 12. The third-order valence-corrected chi connectivity index (χ3v) is 24.8. The third-order valence-electron chi connectivity index (χ3n) is 16.0. The summed E-state index contributed by atoms with van der Waals surface area (Å²) < 4.78 is 63.0. The van der Waals surface area contributed by atoms with Gasteiger partial charge in [-0.25, -0.2) is 0 Å². The third kappa shape index (κ3) is 8.03. The Morgan fingerprint density at radius 2 is 0.369 bits per heavy atom. The Bertz CT molecular complexity index is 4140. The number of hydrogen-bond donors (Lipinski definition) is 0. The molecule has 0 aliphatic carbocycles. The monoisotopic (exact) mass is 1140 g/mol. The van der Waals surface area contributed by atoms with E-state index in [4.69, 9.17) is 0 Å². The van der Waals surface area contributed by atoms with Crippen LogP contribution in [0.3, 0.4) is 0 Å². The lowest BCUT2D eigenvalue weighted by Crippen LogP contribution is -2.27. The van der Waals surface area contributed by atoms with Crippen molar-refractivity contribution in [3.05, 3.63) is 322 Å². The van der Waals surface area contributed by atoms with Gasteiger partial charge in [-0.15, -0.1) is 0 Å². The van der Waals surface area contributed by atoms with Crippen molar-refractivity contribution in [1.82, 2.24) is 0 Å². The maximum absolute atomic E-state index is 17.5. The van der Waals surface area contributed by atoms with Gasteiger partial charge < -0.3 is 0 Å². The van der Waals surface area contributed by atoms with E-state index in [0.717, 1.165) is 90.5 Å². The highest BCUT2D eigenvalue weighted by atomic mass is 31.2. The summed E-state index contributed by atoms with van der Waals surface area (Å²) in [6, 6.07) is 106. The molecular weight excluding hydrogens is 1090 g/mol. The van der Waals surface area contributed by atoms with Crippen LogP contribution >= 0.6 is 22.3 Å². The van der Waals surface area contributed by atoms with Gasteiger partial charge in [-0.2, -0.15) is 0 Å². The van der Waals surface area contributed by atoms with Gasteiger partial charge in [-0.05, 0) is 174 Å². The predicted molar refractivity (Wildman–Crippen MR) is 350 cm³/mol. The van der Waals surface area contributed by atoms with Gasteiger partial charge in [0.25, 0.3) is 0 Å². The van der Waals surface area contributed by atoms with Crippen LogP contribution in [0.15, 0.2) is 322 Å². The van der Waals surface area contributed by atoms with E-state index >= 15 is 13.7 Å². The molecule has 404 valence electrons. The van der Waals surface area contributed by atoms with Gasteiger partial charge in [0.15, 0.2) is 0 Å². The minimum absolute atomic E-state index is 0.598. The molecule has 0 atom stereocenters. The smallest absolute Gasteiger partial charge is 0.270 e. The van der Waals surface area contributed by atoms with Gasteiger partial charge in [0.1, 0.15) is 0 Å². The molecule has 0 radical (unpaired) electrons. The second-order valence-corrected chi connectivity index (χ2v) is 28.1. The zero-order chi connectivity index (χ0) is 56.4. The van der Waals surface area contributed by atoms with Crippen molar-refractivity contribution in [2.24, 2.45) is 0 Å². The highest BCUT2D eigenvalue weighted by molar-refractivity contribution is 7.77. The van der Waals surface area contributed by atoms with E-state index < -0.39 is 22.3 Å². The fourth-order valence-corrected chi connectivity index (χ4v) is 21.4. The molecule has 3 heterocycles. The Hall–Kier alpha value is -9.87. The Morgan fingerprint density at radius 3 is 0.583 bits per heavy atom. The van der Waals surface area contributed by atoms with Crippen LogP contribution < -0.4 is 43.9 Å². The quantitative estimate of drug-likeness (QED) is 0.118. The summed E-state index contributed by atoms with van der Waals surface area (Å²) >= 11 is 0. The van der Waals surface area contributed by atoms with Gasteiger partial charge in [-0.3, -0.25) is 41.7 Å². The fraction of sp³-hybridized carbons (Fsp3) is 0. The van der Waals surface area contributed by atoms with Crippen LogP contribution in [0.2, 0.25) is 0 Å². The first kappa shape index (κ1) is 51.0. The highest BCUT2D eigenvalue weighted by Gasteiger charge is 2.52. The highest BCUT2D eigenvalue weighted by Crippen LogP contribution is 2.73. The van der Waals surface area contributed by atoms with Crippen LogP contribution in [0.1, 0.15) is 0 Å². The predicted octanol–water partition coefficient (Wildman–Crippen LogP) is 19.4. The summed E-state index contributed by atoms with van der Waals surface area (Å²) in [4.78, 5) is 0. The normalized spacial score (nSPS) is 15.2. The van der Waals surface area contributed by atoms with E-state index in [0.29, 0.717) is 15.9 Å². The molecule has 3 aliphatic heterocycles. The van der Waals surface area contributed by atoms with Crippen LogP contribution in [0.25, 0.3) is 22.3 Å². The van der Waals surface area contributed by atoms with Gasteiger partial charge in [-0.1, -0.05) is 170 Å². The molecule has 12 aromatic carbocycles. The number of fused-ring (bicyclic) bond motifs is 3. The number of hydrogen-bond acceptors (Lipinski definition) is 3. The molecular formula is C72H53N6O3P3. The second-order valence-electron chi connectivity index (χ2n) is 20.8. The molecule has 0 spiro atoms. The molecule has 0 saturated heterocycles. The average molecular weight is 1140 g/mol. The first-order valence-electron chi connectivity index (χ1n) is 27.9. The Labute approximate surface area is 489 Å². The van der Waals surface area contributed by atoms with E-state index in [1.165, 1.54) is 0 Å². The summed E-state index contributed by atoms with van der Waals surface area (Å²) in [5, 5.41) is 1.88. The molecule has 84 heavy (non-hydrogen) atoms. The minimum atomic E-state index is -3.92. The van der Waals surface area contributed by atoms with Crippen LogP contribution in [0.5, 0.6) is 0 Å². The zero-order valence-corrected chi connectivity index (χ0v) is 48.0. The van der Waals surface area contributed by atoms with E-state index in [1.54, 1.807) is 0 Å². The van der Waals surface area contributed by atoms with Crippen molar-refractivity contribution in [1.29, 1.82) is 0 Å². The molecule has 0 aromatic heterocycles. The van der Waals surface area contributed by atoms with Crippen molar-refractivity contribution in [2.45, 2.75) is 0 Å². The SMILES string of the molecule is O=P1(c2ccc(-c3cc(-c4ccc(P5(=O)N(c6ccccc6)c6ccccc6N5c5ccccc5)cc4)cc(P4(=O)N(c5ccccc5)c5ccccc5N4c4ccccc4)c3)cc2)N(c2ccccc2)c2ccccc2N1c1ccccc1. The maximum Gasteiger partial charge on any atom is 0.301 e. The van der Waals surface area contributed by atoms with Crippen molar-refractivity contribution in [3.8, 4) is 22.3 Å². The molecule has 0 saturated carbocycles. The van der Waals surface area contributed by atoms with Gasteiger partial charge in [0.05, 0.1) is 50.0 Å². The molecule has 9 nitrogen and oxygen atoms in total. The lowest BCUT2D eigenvalue weighted by atomic mass is 9.99. The second kappa shape index (κ2) is 20.5. The van der Waals surface area contributed by atoms with E-state index in [-0.39, 0.29) is 0 Å². The molecule has 0 fully saturated rings. The average Bonchev–Trinajstić information content (AvgIpc) is 1.75. The largest absolute Gasteiger partial charge is 0.301 e. The van der Waals surface area contributed by atoms with E-state index in [9.17, 15) is 0 Å². The number of benzene rings is 12. The van der Waals surface area contributed by atoms with Crippen LogP contribution in [0.4, 0.5) is 68.2 Å². The molecule has 3 aliphatic rings. The topological polar surface area (TPSA) is 70.6 Å². The Morgan fingerprint density at radius 1 is 0.179 bits per heavy atom. The first-order chi connectivity index (χ1) is 41.3. The maximum atomic E-state index is 17.5. The molecule has 15 rings (SSSR count). The molecule has 12 aromatic rings. The van der Waals surface area contributed by atoms with Crippen LogP contribution in [-0.4, -0.2) is 0 Å². The number of rotatable bonds is 11. The number of nitrogens with zero attached hydrogens (tertiary/aromatic N) is 6. The van der Waals surface area contributed by atoms with E-state index in [2.05, 4.69) is 18.2 Å². The standard InChI is InChI=1S/C72H53N6O3P3/c79-82(73(58-25-7-1-8-26-58)67-37-19-20-38-68(67)74(82)59-27-9-2-10-28-59)64-47-43-54(44-48-64)56-51-57(53-66(52-56)84(81)77(62-33-15-5-16-34-62)71-41-23-24-42-72(71)78(84)63-35-17-6-18-36-63)55-45-49-65(50-46-55)83(80)75(60-29-11-3-12-30-60)69-39-21-22-40-70(69)76(83)61-31-13-4-14-32-61/h1-53H. The summed E-state index contributed by atoms with van der Waals surface area (Å²) in [6.45, 7) is 0. The Balaban J connectivity index is 0.922. The minimum Gasteiger partial charge on any atom is -0.270 e. The van der Waals surface area contributed by atoms with Gasteiger partial charge in [0.2, 0.25) is 0 Å². The van der Waals surface area contributed by atoms with Gasteiger partial charge >= 0.3 is 22.3 Å². The van der Waals surface area contributed by atoms with Crippen molar-refractivity contribution >= 4 is 106 Å². The lowest BCUT2D eigenvalue weighted by molar-refractivity contribution is 0.581. The summed E-state index contributed by atoms with van der Waals surface area (Å²) in [5.74, 6) is 0. The van der Waals surface area contributed by atoms with Crippen LogP contribution in [0, 0.1) is 0 Å². The van der Waals surface area contributed by atoms with E-state index in [1.807, 2.05) is 331 Å². The molecule has 0 bridgehead atoms. The first-order valence-corrected chi connectivity index (χ1v) is 32.8.